The van der Waals surface area contributed by atoms with Gasteiger partial charge < -0.3 is 25.5 Å². The zero-order valence-corrected chi connectivity index (χ0v) is 20.2. The van der Waals surface area contributed by atoms with Crippen molar-refractivity contribution in [2.45, 2.75) is 57.7 Å². The lowest BCUT2D eigenvalue weighted by Crippen LogP contribution is -2.45. The van der Waals surface area contributed by atoms with Crippen molar-refractivity contribution in [1.82, 2.24) is 25.5 Å². The van der Waals surface area contributed by atoms with Crippen LogP contribution in [0.2, 0.25) is 0 Å². The summed E-state index contributed by atoms with van der Waals surface area (Å²) in [5.41, 5.74) is 5.47. The quantitative estimate of drug-likeness (QED) is 0.237. The van der Waals surface area contributed by atoms with Gasteiger partial charge in [-0.15, -0.1) is 0 Å². The van der Waals surface area contributed by atoms with E-state index in [1.165, 1.54) is 6.42 Å². The van der Waals surface area contributed by atoms with E-state index in [9.17, 15) is 0 Å². The molecule has 2 aromatic rings. The molecule has 2 aromatic heterocycles. The van der Waals surface area contributed by atoms with Crippen LogP contribution in [-0.2, 0) is 6.54 Å². The number of nitrogens with one attached hydrogen (secondary N) is 3. The molecule has 2 atom stereocenters. The molecule has 0 radical (unpaired) electrons. The highest BCUT2D eigenvalue weighted by molar-refractivity contribution is 5.58. The number of hydrogen-bond acceptors (Lipinski definition) is 10. The molecular formula is C24H35N9O. The highest BCUT2D eigenvalue weighted by atomic mass is 16.5. The van der Waals surface area contributed by atoms with Gasteiger partial charge in [0.1, 0.15) is 11.6 Å². The van der Waals surface area contributed by atoms with E-state index in [1.807, 2.05) is 18.2 Å². The van der Waals surface area contributed by atoms with Gasteiger partial charge in [0.2, 0.25) is 5.95 Å². The van der Waals surface area contributed by atoms with Crippen LogP contribution in [0.4, 0.5) is 17.6 Å². The average Bonchev–Trinajstić information content (AvgIpc) is 3.22. The van der Waals surface area contributed by atoms with Crippen LogP contribution in [0.5, 0.6) is 0 Å². The summed E-state index contributed by atoms with van der Waals surface area (Å²) >= 11 is 0. The Hall–Kier alpha value is -3.11. The third-order valence-corrected chi connectivity index (χ3v) is 6.91. The molecule has 182 valence electrons. The van der Waals surface area contributed by atoms with Crippen molar-refractivity contribution in [3.05, 3.63) is 47.6 Å². The van der Waals surface area contributed by atoms with Crippen LogP contribution in [0.15, 0.2) is 40.7 Å². The molecule has 10 nitrogen and oxygen atoms in total. The second kappa shape index (κ2) is 9.27. The molecule has 0 aromatic carbocycles. The van der Waals surface area contributed by atoms with Crippen molar-refractivity contribution in [3.8, 4) is 0 Å². The molecule has 0 amide bonds. The van der Waals surface area contributed by atoms with Gasteiger partial charge in [-0.05, 0) is 38.3 Å². The Kier molecular flexibility index (Phi) is 6.18. The fourth-order valence-corrected chi connectivity index (χ4v) is 4.78. The van der Waals surface area contributed by atoms with Crippen molar-refractivity contribution in [2.24, 2.45) is 11.8 Å². The van der Waals surface area contributed by atoms with Gasteiger partial charge >= 0.3 is 0 Å². The summed E-state index contributed by atoms with van der Waals surface area (Å²) < 4.78 is 5.47. The van der Waals surface area contributed by atoms with Crippen molar-refractivity contribution in [1.29, 1.82) is 0 Å². The summed E-state index contributed by atoms with van der Waals surface area (Å²) in [7, 11) is 2.20. The van der Waals surface area contributed by atoms with Gasteiger partial charge in [-0.25, -0.2) is 0 Å². The SMILES string of the molecule is C=C(/C=C(\NN)C1CC1)Nc1cc(N2CC3CC2CN3C)nc(NCc2cc(C(C)C)no2)n1. The number of hydrogen-bond donors (Lipinski definition) is 4. The predicted octanol–water partition coefficient (Wildman–Crippen LogP) is 2.78. The second-order valence-electron chi connectivity index (χ2n) is 9.97. The van der Waals surface area contributed by atoms with E-state index in [0.717, 1.165) is 54.6 Å². The Balaban J connectivity index is 1.35. The lowest BCUT2D eigenvalue weighted by molar-refractivity contribution is 0.292. The zero-order valence-electron chi connectivity index (χ0n) is 20.2. The molecule has 1 aliphatic carbocycles. The highest BCUT2D eigenvalue weighted by Gasteiger charge is 2.42. The van der Waals surface area contributed by atoms with E-state index >= 15 is 0 Å². The van der Waals surface area contributed by atoms with Crippen LogP contribution in [0, 0.1) is 5.92 Å². The molecule has 2 saturated heterocycles. The van der Waals surface area contributed by atoms with Gasteiger partial charge in [-0.1, -0.05) is 25.6 Å². The van der Waals surface area contributed by atoms with Crippen LogP contribution in [0.25, 0.3) is 0 Å². The van der Waals surface area contributed by atoms with Gasteiger partial charge in [-0.3, -0.25) is 10.7 Å². The van der Waals surface area contributed by atoms with Gasteiger partial charge in [0.05, 0.1) is 12.2 Å². The first-order chi connectivity index (χ1) is 16.4. The van der Waals surface area contributed by atoms with Crippen LogP contribution in [-0.4, -0.2) is 52.2 Å². The van der Waals surface area contributed by atoms with E-state index < -0.39 is 0 Å². The number of piperazine rings is 1. The summed E-state index contributed by atoms with van der Waals surface area (Å²) in [6, 6.07) is 5.02. The lowest BCUT2D eigenvalue weighted by Gasteiger charge is -2.33. The molecular weight excluding hydrogens is 430 g/mol. The van der Waals surface area contributed by atoms with Crippen LogP contribution >= 0.6 is 0 Å². The summed E-state index contributed by atoms with van der Waals surface area (Å²) in [6.07, 6.45) is 5.44. The number of anilines is 3. The smallest absolute Gasteiger partial charge is 0.227 e. The number of aromatic nitrogens is 3. The molecule has 0 spiro atoms. The Morgan fingerprint density at radius 2 is 2.09 bits per heavy atom. The number of nitrogens with two attached hydrogens (primary N) is 1. The minimum atomic E-state index is 0.319. The monoisotopic (exact) mass is 465 g/mol. The first-order valence-corrected chi connectivity index (χ1v) is 12.1. The number of nitrogens with zero attached hydrogens (tertiary/aromatic N) is 5. The number of fused-ring (bicyclic) bond motifs is 2. The van der Waals surface area contributed by atoms with Gasteiger partial charge in [0.25, 0.3) is 0 Å². The fourth-order valence-electron chi connectivity index (χ4n) is 4.78. The molecule has 3 aliphatic rings. The third kappa shape index (κ3) is 4.88. The molecule has 5 rings (SSSR count). The Labute approximate surface area is 200 Å². The maximum absolute atomic E-state index is 5.70. The minimum absolute atomic E-state index is 0.319. The molecule has 2 bridgehead atoms. The second-order valence-corrected chi connectivity index (χ2v) is 9.97. The summed E-state index contributed by atoms with van der Waals surface area (Å²) in [6.45, 7) is 10.8. The highest BCUT2D eigenvalue weighted by Crippen LogP contribution is 2.36. The molecule has 4 heterocycles. The summed E-state index contributed by atoms with van der Waals surface area (Å²) in [5, 5.41) is 10.8. The predicted molar refractivity (Wildman–Crippen MR) is 133 cm³/mol. The topological polar surface area (TPSA) is 120 Å². The van der Waals surface area contributed by atoms with Crippen molar-refractivity contribution in [3.63, 3.8) is 0 Å². The van der Waals surface area contributed by atoms with Crippen LogP contribution in [0.1, 0.15) is 50.5 Å². The van der Waals surface area contributed by atoms with Crippen molar-refractivity contribution >= 4 is 17.6 Å². The summed E-state index contributed by atoms with van der Waals surface area (Å²) in [5.74, 6) is 9.41. The number of likely N-dealkylation sites (tertiary alicyclic amines) is 1. The Morgan fingerprint density at radius 3 is 2.71 bits per heavy atom. The average molecular weight is 466 g/mol. The van der Waals surface area contributed by atoms with E-state index in [-0.39, 0.29) is 0 Å². The van der Waals surface area contributed by atoms with Crippen LogP contribution in [0.3, 0.4) is 0 Å². The molecule has 1 saturated carbocycles. The maximum Gasteiger partial charge on any atom is 0.227 e. The van der Waals surface area contributed by atoms with E-state index in [2.05, 4.69) is 58.5 Å². The lowest BCUT2D eigenvalue weighted by atomic mass is 10.1. The number of rotatable bonds is 10. The standard InChI is InChI=1S/C24H35N9O/c1-14(2)20-9-19(34-31-20)11-26-24-28-22(27-15(3)7-21(30-25)16-5-6-16)10-23(29-24)33-13-17-8-18(33)12-32(17)4/h7,9-10,14,16-18,30H,3,5-6,8,11-13,25H2,1-2,4H3,(H2,26,27,28,29)/b21-7-. The first-order valence-electron chi connectivity index (χ1n) is 12.1. The van der Waals surface area contributed by atoms with Gasteiger partial charge in [0, 0.05) is 54.6 Å². The Bertz CT molecular complexity index is 1070. The van der Waals surface area contributed by atoms with E-state index in [4.69, 9.17) is 20.3 Å². The largest absolute Gasteiger partial charge is 0.359 e. The minimum Gasteiger partial charge on any atom is -0.359 e. The molecule has 10 heteroatoms. The molecule has 2 aliphatic heterocycles. The van der Waals surface area contributed by atoms with Gasteiger partial charge in [-0.2, -0.15) is 9.97 Å². The number of likely N-dealkylation sites (N-methyl/N-ethyl adjacent to an activating group) is 1. The molecule has 5 N–H and O–H groups in total. The summed E-state index contributed by atoms with van der Waals surface area (Å²) in [4.78, 5) is 14.4. The molecule has 3 fully saturated rings. The fraction of sp³-hybridized carbons (Fsp3) is 0.542. The van der Waals surface area contributed by atoms with Crippen molar-refractivity contribution in [2.75, 3.05) is 35.7 Å². The molecule has 2 unspecified atom stereocenters. The van der Waals surface area contributed by atoms with Crippen LogP contribution < -0.4 is 26.8 Å². The van der Waals surface area contributed by atoms with Gasteiger partial charge in [0.15, 0.2) is 5.76 Å². The van der Waals surface area contributed by atoms with Crippen molar-refractivity contribution < 1.29 is 4.52 Å². The van der Waals surface area contributed by atoms with E-state index in [1.54, 1.807) is 0 Å². The third-order valence-electron chi connectivity index (χ3n) is 6.91. The number of allylic oxidation sites excluding steroid dienone is 2. The first kappa shape index (κ1) is 22.7. The molecule has 34 heavy (non-hydrogen) atoms. The normalized spacial score (nSPS) is 22.5. The zero-order chi connectivity index (χ0) is 23.8. The number of hydrazine groups is 1. The Morgan fingerprint density at radius 1 is 1.26 bits per heavy atom. The maximum atomic E-state index is 5.70. The van der Waals surface area contributed by atoms with E-state index in [0.29, 0.717) is 42.2 Å².